The van der Waals surface area contributed by atoms with Crippen LogP contribution in [0.4, 0.5) is 57.4 Å². The minimum atomic E-state index is -4.10. The molecule has 28 heteroatoms. The first kappa shape index (κ1) is 75.2. The van der Waals surface area contributed by atoms with E-state index in [1.54, 1.807) is 30.4 Å². The normalized spacial score (nSPS) is 16.9. The molecule has 2 fully saturated rings. The minimum Gasteiger partial charge on any atom is -0.377 e. The van der Waals surface area contributed by atoms with Crippen molar-refractivity contribution in [1.29, 1.82) is 0 Å². The molecule has 0 aliphatic carbocycles. The Morgan fingerprint density at radius 2 is 1.02 bits per heavy atom. The van der Waals surface area contributed by atoms with Gasteiger partial charge in [-0.3, -0.25) is 19.7 Å². The Kier molecular flexibility index (Phi) is 27.6. The third-order valence-electron chi connectivity index (χ3n) is 12.8. The average molecular weight is 1550 g/mol. The number of hydrogen-bond donors (Lipinski definition) is 1. The van der Waals surface area contributed by atoms with E-state index >= 15 is 17.6 Å². The molecule has 3 unspecified atom stereocenters. The summed E-state index contributed by atoms with van der Waals surface area (Å²) < 4.78 is 199. The molecule has 0 spiro atoms. The topological polar surface area (TPSA) is 155 Å². The zero-order chi connectivity index (χ0) is 64.0. The van der Waals surface area contributed by atoms with Crippen LogP contribution in [0.25, 0.3) is 12.2 Å². The van der Waals surface area contributed by atoms with E-state index in [1.807, 2.05) is 41.5 Å². The zero-order valence-electron chi connectivity index (χ0n) is 48.5. The number of aliphatic hydroxyl groups is 1. The number of nitrogens with zero attached hydrogens (tertiary/aromatic N) is 7. The van der Waals surface area contributed by atoms with Gasteiger partial charge in [-0.1, -0.05) is 42.5 Å². The molecule has 4 aromatic heterocycles. The molecule has 0 amide bonds. The summed E-state index contributed by atoms with van der Waals surface area (Å²) in [4.78, 5) is 11.3. The van der Waals surface area contributed by atoms with E-state index in [0.29, 0.717) is 59.7 Å². The number of hydrogen-bond acceptors (Lipinski definition) is 12. The molecule has 89 heavy (non-hydrogen) atoms. The molecule has 2 aliphatic rings. The van der Waals surface area contributed by atoms with Crippen LogP contribution < -0.4 is 0 Å². The molecule has 7 aromatic rings. The van der Waals surface area contributed by atoms with Gasteiger partial charge in [-0.25, -0.2) is 31.0 Å². The molecule has 0 radical (unpaired) electrons. The van der Waals surface area contributed by atoms with Crippen molar-refractivity contribution >= 4 is 28.1 Å². The maximum Gasteiger partial charge on any atom is 0.324 e. The summed E-state index contributed by atoms with van der Waals surface area (Å²) in [6.45, 7) is 14.8. The van der Waals surface area contributed by atoms with Gasteiger partial charge in [-0.2, -0.15) is 26.3 Å². The number of tetrazole rings is 1. The fraction of sp³-hybridized carbons (Fsp3) is 0.344. The molecule has 2 aliphatic heterocycles. The molecule has 0 saturated carbocycles. The first-order chi connectivity index (χ1) is 41.0. The number of epoxide rings is 2. The molecule has 0 bridgehead atoms. The van der Waals surface area contributed by atoms with E-state index in [1.165, 1.54) is 42.9 Å². The van der Waals surface area contributed by atoms with E-state index in [-0.39, 0.29) is 72.4 Å². The second kappa shape index (κ2) is 32.7. The first-order valence-corrected chi connectivity index (χ1v) is 27.4. The minimum absolute atomic E-state index is 0. The smallest absolute Gasteiger partial charge is 0.324 e. The quantitative estimate of drug-likeness (QED) is 0.0390. The Balaban J connectivity index is 0.000000272. The van der Waals surface area contributed by atoms with Crippen molar-refractivity contribution in [2.45, 2.75) is 101 Å². The van der Waals surface area contributed by atoms with Crippen LogP contribution in [0, 0.1) is 66.0 Å². The maximum absolute atomic E-state index is 15.6. The Morgan fingerprint density at radius 1 is 0.607 bits per heavy atom. The van der Waals surface area contributed by atoms with E-state index in [0.717, 1.165) is 59.5 Å². The van der Waals surface area contributed by atoms with E-state index in [9.17, 15) is 40.2 Å². The molecule has 478 valence electrons. The molecule has 9 rings (SSSR count). The third-order valence-corrected chi connectivity index (χ3v) is 13.2. The number of rotatable bonds is 22. The third kappa shape index (κ3) is 18.9. The maximum atomic E-state index is 15.6. The number of alkyl halides is 6. The van der Waals surface area contributed by atoms with Gasteiger partial charge in [-0.05, 0) is 140 Å². The van der Waals surface area contributed by atoms with Crippen LogP contribution in [0.15, 0.2) is 145 Å². The van der Waals surface area contributed by atoms with Gasteiger partial charge in [0.2, 0.25) is 0 Å². The second-order valence-electron chi connectivity index (χ2n) is 20.2. The molecule has 3 atom stereocenters. The largest absolute Gasteiger partial charge is 0.377 e. The predicted molar refractivity (Wildman–Crippen MR) is 302 cm³/mol. The van der Waals surface area contributed by atoms with Crippen molar-refractivity contribution in [1.82, 2.24) is 35.2 Å². The molecule has 2 saturated heterocycles. The summed E-state index contributed by atoms with van der Waals surface area (Å²) in [5.41, 5.74) is -9.80. The fourth-order valence-electron chi connectivity index (χ4n) is 8.15. The molecule has 6 heterocycles. The predicted octanol–water partition coefficient (Wildman–Crippen LogP) is 14.2. The number of aromatic nitrogens is 7. The van der Waals surface area contributed by atoms with Crippen LogP contribution in [0.5, 0.6) is 0 Å². The summed E-state index contributed by atoms with van der Waals surface area (Å²) >= 11 is 3.10. The van der Waals surface area contributed by atoms with Gasteiger partial charge < -0.3 is 28.8 Å². The summed E-state index contributed by atoms with van der Waals surface area (Å²) in [7, 11) is 0. The van der Waals surface area contributed by atoms with Crippen molar-refractivity contribution in [2.75, 3.05) is 33.0 Å². The number of ether oxygens (including phenoxy) is 5. The van der Waals surface area contributed by atoms with Gasteiger partial charge in [0.05, 0.1) is 57.9 Å². The van der Waals surface area contributed by atoms with Gasteiger partial charge >= 0.3 is 17.8 Å². The SMILES string of the molecule is C=CCOC(C)C.CC(C)OC/C=C/c1ccc(C(F)(F)C(O)(Cn2cnnn2)c2ccc(F)cc2F)nc1.CC(C)OC/C=C/c1ccc(C(F)(F)C2(c3ccc(F)cc3F)CO2)nc1.F.Fc1ccc(C2(C(F)(F)c3ccc(Br)cn3)CO2)c(F)c1.[U]. The van der Waals surface area contributed by atoms with Crippen LogP contribution in [-0.2, 0) is 64.8 Å². The van der Waals surface area contributed by atoms with Crippen molar-refractivity contribution in [2.24, 2.45) is 0 Å². The fourth-order valence-corrected chi connectivity index (χ4v) is 8.38. The van der Waals surface area contributed by atoms with Crippen LogP contribution in [0.3, 0.4) is 0 Å². The van der Waals surface area contributed by atoms with Crippen molar-refractivity contribution in [3.63, 3.8) is 0 Å². The van der Waals surface area contributed by atoms with Crippen LogP contribution >= 0.6 is 15.9 Å². The van der Waals surface area contributed by atoms with Crippen molar-refractivity contribution < 1.29 is 117 Å². The molecule has 13 nitrogen and oxygen atoms in total. The van der Waals surface area contributed by atoms with E-state index in [4.69, 9.17) is 23.7 Å². The second-order valence-corrected chi connectivity index (χ2v) is 21.2. The molecule has 1 N–H and O–H groups in total. The molecular formula is C61H61BrF13N7O6U. The van der Waals surface area contributed by atoms with Crippen LogP contribution in [-0.4, -0.2) is 91.6 Å². The standard InChI is InChI=1S/C21H21F4N5O2.C20H19F4NO2.C14H8BrF4NO.C6H12O.FH.U/c1-14(2)32-9-3-4-15-5-8-19(26-11-15)21(24,25)20(31,12-30-13-27-28-29-30)17-7-6-16(22)10-18(17)23;1-13(2)26-9-3-4-14-5-8-18(25-11-14)20(23,24)19(12-27-19)16-7-6-15(21)10-17(16)22;15-8-1-4-12(20-6-8)14(18,19)13(7-21-13)10-3-2-9(16)5-11(10)17;1-4-5-7-6(2)3;;/h3-8,10-11,13-14,31H,9,12H2,1-2H3;3-8,10-11,13H,9,12H2,1-2H3;1-6H,7H2;4,6H,1,5H2,2-3H3;1H;/b2*4-3+;;;;. The first-order valence-electron chi connectivity index (χ1n) is 26.6. The number of benzene rings is 3. The van der Waals surface area contributed by atoms with Crippen molar-refractivity contribution in [3.05, 3.63) is 225 Å². The van der Waals surface area contributed by atoms with Gasteiger partial charge in [0.25, 0.3) is 0 Å². The average Bonchev–Trinajstić information content (AvgIpc) is 1.73. The Bertz CT molecular complexity index is 3420. The van der Waals surface area contributed by atoms with E-state index in [2.05, 4.69) is 53.0 Å². The Labute approximate surface area is 536 Å². The summed E-state index contributed by atoms with van der Waals surface area (Å²) in [6, 6.07) is 14.5. The van der Waals surface area contributed by atoms with Gasteiger partial charge in [-0.15, -0.1) is 11.7 Å². The van der Waals surface area contributed by atoms with E-state index < -0.39 is 98.7 Å². The summed E-state index contributed by atoms with van der Waals surface area (Å²) in [5, 5.41) is 21.3. The Hall–Kier alpha value is -6.22. The monoisotopic (exact) mass is 1550 g/mol. The van der Waals surface area contributed by atoms with Crippen LogP contribution in [0.2, 0.25) is 0 Å². The van der Waals surface area contributed by atoms with Crippen LogP contribution in [0.1, 0.15) is 86.4 Å². The van der Waals surface area contributed by atoms with Gasteiger partial charge in [0.15, 0.2) is 16.8 Å². The van der Waals surface area contributed by atoms with Crippen molar-refractivity contribution in [3.8, 4) is 0 Å². The summed E-state index contributed by atoms with van der Waals surface area (Å²) in [6.07, 6.45) is 13.7. The number of pyridine rings is 3. The number of halogens is 14. The summed E-state index contributed by atoms with van der Waals surface area (Å²) in [5.74, 6) is -17.3. The van der Waals surface area contributed by atoms with Gasteiger partial charge in [0, 0.05) is 89.1 Å². The molecular weight excluding hydrogens is 1490 g/mol. The molecule has 3 aromatic carbocycles. The van der Waals surface area contributed by atoms with Gasteiger partial charge in [0.1, 0.15) is 58.3 Å². The zero-order valence-corrected chi connectivity index (χ0v) is 54.2. The Morgan fingerprint density at radius 3 is 1.37 bits per heavy atom.